The van der Waals surface area contributed by atoms with Gasteiger partial charge in [0.15, 0.2) is 0 Å². The van der Waals surface area contributed by atoms with Crippen LogP contribution in [-0.2, 0) is 10.0 Å². The molecule has 0 heterocycles. The third-order valence-corrected chi connectivity index (χ3v) is 5.34. The molecule has 5 heteroatoms. The molecule has 0 bridgehead atoms. The maximum absolute atomic E-state index is 12.3. The first kappa shape index (κ1) is 16.1. The lowest BCUT2D eigenvalue weighted by molar-refractivity contribution is 0.410. The molecule has 19 heavy (non-hydrogen) atoms. The van der Waals surface area contributed by atoms with E-state index in [0.29, 0.717) is 4.90 Å². The minimum absolute atomic E-state index is 0.0506. The highest BCUT2D eigenvalue weighted by molar-refractivity contribution is 7.89. The molecule has 4 nitrogen and oxygen atoms in total. The van der Waals surface area contributed by atoms with Gasteiger partial charge < -0.3 is 5.32 Å². The molecule has 108 valence electrons. The molecule has 0 amide bonds. The predicted octanol–water partition coefficient (Wildman–Crippen LogP) is 2.39. The van der Waals surface area contributed by atoms with Gasteiger partial charge in [0.1, 0.15) is 0 Å². The van der Waals surface area contributed by atoms with Crippen molar-refractivity contribution in [1.29, 1.82) is 0 Å². The maximum atomic E-state index is 12.3. The lowest BCUT2D eigenvalue weighted by atomic mass is 10.1. The zero-order valence-electron chi connectivity index (χ0n) is 12.3. The van der Waals surface area contributed by atoms with E-state index >= 15 is 0 Å². The van der Waals surface area contributed by atoms with E-state index in [2.05, 4.69) is 12.2 Å². The van der Waals surface area contributed by atoms with E-state index in [0.717, 1.165) is 12.1 Å². The lowest BCUT2D eigenvalue weighted by Crippen LogP contribution is -2.33. The van der Waals surface area contributed by atoms with Gasteiger partial charge in [-0.3, -0.25) is 0 Å². The van der Waals surface area contributed by atoms with Gasteiger partial charge in [-0.15, -0.1) is 0 Å². The SMILES string of the molecule is CCNC(C)c1ccc(S(=O)(=O)N(C)C(C)C)cc1. The largest absolute Gasteiger partial charge is 0.310 e. The molecular weight excluding hydrogens is 260 g/mol. The molecule has 0 fully saturated rings. The van der Waals surface area contributed by atoms with Crippen LogP contribution in [0.1, 0.15) is 39.3 Å². The summed E-state index contributed by atoms with van der Waals surface area (Å²) >= 11 is 0. The van der Waals surface area contributed by atoms with E-state index in [1.165, 1.54) is 4.31 Å². The molecule has 0 saturated heterocycles. The Hall–Kier alpha value is -0.910. The summed E-state index contributed by atoms with van der Waals surface area (Å²) in [5.41, 5.74) is 1.09. The summed E-state index contributed by atoms with van der Waals surface area (Å²) in [6.45, 7) is 8.72. The van der Waals surface area contributed by atoms with Gasteiger partial charge in [0.2, 0.25) is 10.0 Å². The van der Waals surface area contributed by atoms with Gasteiger partial charge in [0.25, 0.3) is 0 Å². The topological polar surface area (TPSA) is 49.4 Å². The van der Waals surface area contributed by atoms with Crippen molar-refractivity contribution >= 4 is 10.0 Å². The molecule has 0 spiro atoms. The molecule has 1 unspecified atom stereocenters. The third-order valence-electron chi connectivity index (χ3n) is 3.29. The molecule has 0 aliphatic rings. The number of rotatable bonds is 6. The Labute approximate surface area is 116 Å². The average molecular weight is 284 g/mol. The number of hydrogen-bond donors (Lipinski definition) is 1. The second kappa shape index (κ2) is 6.50. The van der Waals surface area contributed by atoms with Crippen molar-refractivity contribution in [2.75, 3.05) is 13.6 Å². The Kier molecular flexibility index (Phi) is 5.52. The fourth-order valence-electron chi connectivity index (χ4n) is 1.80. The van der Waals surface area contributed by atoms with Gasteiger partial charge in [-0.25, -0.2) is 8.42 Å². The Morgan fingerprint density at radius 2 is 1.68 bits per heavy atom. The standard InChI is InChI=1S/C14H24N2O2S/c1-6-15-12(4)13-7-9-14(10-8-13)19(17,18)16(5)11(2)3/h7-12,15H,6H2,1-5H3. The first-order chi connectivity index (χ1) is 8.80. The van der Waals surface area contributed by atoms with Crippen LogP contribution in [0.2, 0.25) is 0 Å². The summed E-state index contributed by atoms with van der Waals surface area (Å²) < 4.78 is 26.0. The zero-order valence-corrected chi connectivity index (χ0v) is 13.2. The van der Waals surface area contributed by atoms with E-state index in [9.17, 15) is 8.42 Å². The monoisotopic (exact) mass is 284 g/mol. The molecule has 1 N–H and O–H groups in total. The first-order valence-corrected chi connectivity index (χ1v) is 8.06. The zero-order chi connectivity index (χ0) is 14.6. The summed E-state index contributed by atoms with van der Waals surface area (Å²) in [4.78, 5) is 0.344. The van der Waals surface area contributed by atoms with Crippen molar-refractivity contribution in [3.63, 3.8) is 0 Å². The number of benzene rings is 1. The second-order valence-electron chi connectivity index (χ2n) is 4.96. The van der Waals surface area contributed by atoms with Crippen molar-refractivity contribution in [3.8, 4) is 0 Å². The van der Waals surface area contributed by atoms with Gasteiger partial charge >= 0.3 is 0 Å². The number of nitrogens with one attached hydrogen (secondary N) is 1. The number of sulfonamides is 1. The van der Waals surface area contributed by atoms with E-state index in [-0.39, 0.29) is 12.1 Å². The molecule has 1 aromatic carbocycles. The minimum atomic E-state index is -3.38. The van der Waals surface area contributed by atoms with E-state index in [4.69, 9.17) is 0 Å². The van der Waals surface area contributed by atoms with Crippen LogP contribution < -0.4 is 5.32 Å². The first-order valence-electron chi connectivity index (χ1n) is 6.62. The Morgan fingerprint density at radius 1 is 1.16 bits per heavy atom. The number of hydrogen-bond acceptors (Lipinski definition) is 3. The lowest BCUT2D eigenvalue weighted by Gasteiger charge is -2.21. The highest BCUT2D eigenvalue weighted by Crippen LogP contribution is 2.19. The Balaban J connectivity index is 2.99. The van der Waals surface area contributed by atoms with Gasteiger partial charge in [-0.2, -0.15) is 4.31 Å². The Bertz CT molecular complexity index is 495. The fourth-order valence-corrected chi connectivity index (χ4v) is 3.16. The van der Waals surface area contributed by atoms with Crippen molar-refractivity contribution in [3.05, 3.63) is 29.8 Å². The summed E-state index contributed by atoms with van der Waals surface area (Å²) in [7, 11) is -1.77. The molecular formula is C14H24N2O2S. The molecule has 1 aromatic rings. The summed E-state index contributed by atoms with van der Waals surface area (Å²) in [6.07, 6.45) is 0. The molecule has 0 aliphatic heterocycles. The van der Waals surface area contributed by atoms with Crippen molar-refractivity contribution in [1.82, 2.24) is 9.62 Å². The van der Waals surface area contributed by atoms with Gasteiger partial charge in [-0.1, -0.05) is 19.1 Å². The second-order valence-corrected chi connectivity index (χ2v) is 6.96. The van der Waals surface area contributed by atoms with Gasteiger partial charge in [0, 0.05) is 19.1 Å². The van der Waals surface area contributed by atoms with E-state index < -0.39 is 10.0 Å². The normalized spacial score (nSPS) is 14.1. The van der Waals surface area contributed by atoms with Gasteiger partial charge in [0.05, 0.1) is 4.90 Å². The molecule has 1 rings (SSSR count). The van der Waals surface area contributed by atoms with Crippen molar-refractivity contribution in [2.45, 2.75) is 44.7 Å². The third kappa shape index (κ3) is 3.78. The predicted molar refractivity (Wildman–Crippen MR) is 78.6 cm³/mol. The Morgan fingerprint density at radius 3 is 2.11 bits per heavy atom. The van der Waals surface area contributed by atoms with Crippen LogP contribution in [0.5, 0.6) is 0 Å². The highest BCUT2D eigenvalue weighted by Gasteiger charge is 2.22. The van der Waals surface area contributed by atoms with Crippen LogP contribution in [0.4, 0.5) is 0 Å². The van der Waals surface area contributed by atoms with Crippen LogP contribution >= 0.6 is 0 Å². The van der Waals surface area contributed by atoms with Crippen molar-refractivity contribution < 1.29 is 8.42 Å². The quantitative estimate of drug-likeness (QED) is 0.872. The molecule has 0 saturated carbocycles. The van der Waals surface area contributed by atoms with Crippen LogP contribution in [0.15, 0.2) is 29.2 Å². The summed E-state index contributed by atoms with van der Waals surface area (Å²) in [5.74, 6) is 0. The molecule has 0 aromatic heterocycles. The molecule has 1 atom stereocenters. The van der Waals surface area contributed by atoms with E-state index in [1.54, 1.807) is 19.2 Å². The highest BCUT2D eigenvalue weighted by atomic mass is 32.2. The van der Waals surface area contributed by atoms with Crippen LogP contribution in [-0.4, -0.2) is 32.4 Å². The smallest absolute Gasteiger partial charge is 0.243 e. The summed E-state index contributed by atoms with van der Waals surface area (Å²) in [6, 6.07) is 7.27. The number of nitrogens with zero attached hydrogens (tertiary/aromatic N) is 1. The maximum Gasteiger partial charge on any atom is 0.243 e. The minimum Gasteiger partial charge on any atom is -0.310 e. The molecule has 0 aliphatic carbocycles. The average Bonchev–Trinajstić information content (AvgIpc) is 2.38. The van der Waals surface area contributed by atoms with Crippen LogP contribution in [0.25, 0.3) is 0 Å². The van der Waals surface area contributed by atoms with Crippen molar-refractivity contribution in [2.24, 2.45) is 0 Å². The fraction of sp³-hybridized carbons (Fsp3) is 0.571. The van der Waals surface area contributed by atoms with Crippen LogP contribution in [0.3, 0.4) is 0 Å². The van der Waals surface area contributed by atoms with Crippen LogP contribution in [0, 0.1) is 0 Å². The van der Waals surface area contributed by atoms with Gasteiger partial charge in [-0.05, 0) is 45.0 Å². The van der Waals surface area contributed by atoms with E-state index in [1.807, 2.05) is 32.9 Å². The molecule has 0 radical (unpaired) electrons. The summed E-state index contributed by atoms with van der Waals surface area (Å²) in [5, 5.41) is 3.30.